The third-order valence-electron chi connectivity index (χ3n) is 11.8. The Labute approximate surface area is 351 Å². The number of halogens is 1. The number of furan rings is 1. The van der Waals surface area contributed by atoms with E-state index in [1.807, 2.05) is 36.4 Å². The van der Waals surface area contributed by atoms with Crippen molar-refractivity contribution in [2.75, 3.05) is 4.90 Å². The van der Waals surface area contributed by atoms with Gasteiger partial charge in [0.15, 0.2) is 0 Å². The van der Waals surface area contributed by atoms with E-state index in [4.69, 9.17) is 21.0 Å². The molecule has 5 heteroatoms. The number of para-hydroxylation sites is 6. The Morgan fingerprint density at radius 1 is 0.433 bits per heavy atom. The summed E-state index contributed by atoms with van der Waals surface area (Å²) >= 11 is 7.21. The molecule has 0 fully saturated rings. The van der Waals surface area contributed by atoms with Crippen LogP contribution < -0.4 is 4.90 Å². The number of anilines is 3. The van der Waals surface area contributed by atoms with Crippen molar-refractivity contribution >= 4 is 61.6 Å². The van der Waals surface area contributed by atoms with E-state index < -0.39 is 0 Å². The molecule has 4 nitrogen and oxygen atoms in total. The molecule has 1 aliphatic heterocycles. The van der Waals surface area contributed by atoms with Crippen molar-refractivity contribution in [2.24, 2.45) is 0 Å². The number of rotatable bonds is 5. The normalized spacial score (nSPS) is 12.1. The van der Waals surface area contributed by atoms with E-state index in [0.29, 0.717) is 5.02 Å². The minimum absolute atomic E-state index is 0.670. The largest absolute Gasteiger partial charge is 0.456 e. The summed E-state index contributed by atoms with van der Waals surface area (Å²) in [5, 5.41) is 2.85. The second-order valence-electron chi connectivity index (χ2n) is 15.2. The molecule has 282 valence electrons. The highest BCUT2D eigenvalue weighted by Gasteiger charge is 2.31. The number of hydrogen-bond donors (Lipinski definition) is 0. The van der Waals surface area contributed by atoms with Crippen LogP contribution in [0.2, 0.25) is 5.02 Å². The summed E-state index contributed by atoms with van der Waals surface area (Å²) in [5.41, 5.74) is 17.9. The zero-order chi connectivity index (χ0) is 39.7. The summed E-state index contributed by atoms with van der Waals surface area (Å²) < 4.78 is 8.66. The van der Waals surface area contributed by atoms with Crippen LogP contribution in [0.25, 0.3) is 94.6 Å². The van der Waals surface area contributed by atoms with Crippen molar-refractivity contribution in [1.29, 1.82) is 0 Å². The van der Waals surface area contributed by atoms with Gasteiger partial charge in [-0.25, -0.2) is 4.98 Å². The van der Waals surface area contributed by atoms with E-state index >= 15 is 0 Å². The van der Waals surface area contributed by atoms with Crippen LogP contribution in [0.5, 0.6) is 0 Å². The van der Waals surface area contributed by atoms with E-state index in [1.165, 1.54) is 0 Å². The molecule has 0 spiro atoms. The average molecular weight is 788 g/mol. The summed E-state index contributed by atoms with van der Waals surface area (Å²) in [6.07, 6.45) is 0. The van der Waals surface area contributed by atoms with Crippen LogP contribution in [0.4, 0.5) is 17.1 Å². The summed E-state index contributed by atoms with van der Waals surface area (Å²) in [6, 6.07) is 72.6. The Balaban J connectivity index is 1.05. The lowest BCUT2D eigenvalue weighted by Gasteiger charge is -2.30. The number of fused-ring (bicyclic) bond motifs is 9. The Bertz CT molecular complexity index is 3450. The van der Waals surface area contributed by atoms with Crippen molar-refractivity contribution in [2.45, 2.75) is 0 Å². The highest BCUT2D eigenvalue weighted by molar-refractivity contribution is 6.34. The van der Waals surface area contributed by atoms with Crippen molar-refractivity contribution < 1.29 is 4.42 Å². The van der Waals surface area contributed by atoms with Gasteiger partial charge in [-0.1, -0.05) is 157 Å². The lowest BCUT2D eigenvalue weighted by Crippen LogP contribution is -2.13. The third kappa shape index (κ3) is 5.35. The molecule has 60 heavy (non-hydrogen) atoms. The van der Waals surface area contributed by atoms with Gasteiger partial charge in [-0.15, -0.1) is 0 Å². The van der Waals surface area contributed by atoms with Crippen LogP contribution in [0.1, 0.15) is 0 Å². The van der Waals surface area contributed by atoms with Gasteiger partial charge in [0.05, 0.1) is 33.1 Å². The molecule has 11 aromatic rings. The molecule has 0 saturated heterocycles. The molecule has 0 saturated carbocycles. The molecule has 12 rings (SSSR count). The van der Waals surface area contributed by atoms with Crippen LogP contribution in [0.3, 0.4) is 0 Å². The lowest BCUT2D eigenvalue weighted by molar-refractivity contribution is 0.669. The number of nitrogens with zero attached hydrogens (tertiary/aromatic N) is 3. The number of benzene rings is 9. The highest BCUT2D eigenvalue weighted by Crippen LogP contribution is 2.56. The third-order valence-corrected chi connectivity index (χ3v) is 12.2. The molecule has 9 aromatic carbocycles. The van der Waals surface area contributed by atoms with E-state index in [9.17, 15) is 0 Å². The van der Waals surface area contributed by atoms with Gasteiger partial charge in [0.2, 0.25) is 0 Å². The Morgan fingerprint density at radius 3 is 1.90 bits per heavy atom. The lowest BCUT2D eigenvalue weighted by atomic mass is 9.90. The maximum Gasteiger partial charge on any atom is 0.145 e. The Morgan fingerprint density at radius 2 is 1.05 bits per heavy atom. The standard InChI is InChI=1S/C55H34ClN3O/c56-46-22-7-9-24-49(46)59-48-33-32-37(35-28-30-36(31-29-35)55-57-47-23-8-10-25-50(47)58(55)38-14-2-1-3-15-38)34-45(48)40-17-5-4-16-39(40)42-20-12-21-43(54(42)59)41-19-13-27-52-53(41)44-18-6-11-26-51(44)60-52/h1-34H. The Kier molecular flexibility index (Phi) is 7.87. The summed E-state index contributed by atoms with van der Waals surface area (Å²) in [5.74, 6) is 0.910. The molecule has 1 aliphatic rings. The van der Waals surface area contributed by atoms with Gasteiger partial charge < -0.3 is 9.32 Å². The SMILES string of the molecule is Clc1ccccc1N1c2ccc(-c3ccc(-c4nc5ccccc5n4-c4ccccc4)cc3)cc2-c2ccccc2-c2cccc(-c3cccc4oc5ccccc5c34)c21. The fourth-order valence-electron chi connectivity index (χ4n) is 9.17. The maximum atomic E-state index is 7.21. The summed E-state index contributed by atoms with van der Waals surface area (Å²) in [6.45, 7) is 0. The fourth-order valence-corrected chi connectivity index (χ4v) is 9.39. The number of aromatic nitrogens is 2. The van der Waals surface area contributed by atoms with E-state index in [2.05, 4.69) is 179 Å². The van der Waals surface area contributed by atoms with Gasteiger partial charge in [-0.3, -0.25) is 4.57 Å². The van der Waals surface area contributed by atoms with Crippen molar-refractivity contribution in [3.63, 3.8) is 0 Å². The second kappa shape index (κ2) is 13.7. The molecule has 0 bridgehead atoms. The predicted molar refractivity (Wildman–Crippen MR) is 249 cm³/mol. The first kappa shape index (κ1) is 34.4. The monoisotopic (exact) mass is 787 g/mol. The predicted octanol–water partition coefficient (Wildman–Crippen LogP) is 15.7. The van der Waals surface area contributed by atoms with Crippen molar-refractivity contribution in [3.05, 3.63) is 211 Å². The van der Waals surface area contributed by atoms with E-state index in [-0.39, 0.29) is 0 Å². The van der Waals surface area contributed by atoms with Crippen molar-refractivity contribution in [3.8, 4) is 61.6 Å². The Hall–Kier alpha value is -7.66. The highest BCUT2D eigenvalue weighted by atomic mass is 35.5. The molecule has 2 aromatic heterocycles. The fraction of sp³-hybridized carbons (Fsp3) is 0. The van der Waals surface area contributed by atoms with Crippen LogP contribution >= 0.6 is 11.6 Å². The molecule has 0 aliphatic carbocycles. The number of hydrogen-bond acceptors (Lipinski definition) is 3. The second-order valence-corrected chi connectivity index (χ2v) is 15.6. The van der Waals surface area contributed by atoms with Gasteiger partial charge in [0, 0.05) is 38.7 Å². The first-order chi connectivity index (χ1) is 29.7. The molecular weight excluding hydrogens is 754 g/mol. The molecule has 0 radical (unpaired) electrons. The van der Waals surface area contributed by atoms with Crippen LogP contribution in [-0.4, -0.2) is 9.55 Å². The zero-order valence-electron chi connectivity index (χ0n) is 32.3. The topological polar surface area (TPSA) is 34.2 Å². The molecule has 0 N–H and O–H groups in total. The quantitative estimate of drug-likeness (QED) is 0.174. The van der Waals surface area contributed by atoms with Gasteiger partial charge in [0.25, 0.3) is 0 Å². The molecule has 0 amide bonds. The van der Waals surface area contributed by atoms with Gasteiger partial charge in [-0.2, -0.15) is 0 Å². The minimum atomic E-state index is 0.670. The van der Waals surface area contributed by atoms with Gasteiger partial charge in [0.1, 0.15) is 17.0 Å². The maximum absolute atomic E-state index is 7.21. The average Bonchev–Trinajstić information content (AvgIpc) is 3.86. The molecule has 0 unspecified atom stereocenters. The van der Waals surface area contributed by atoms with Crippen LogP contribution in [0.15, 0.2) is 211 Å². The zero-order valence-corrected chi connectivity index (χ0v) is 33.0. The molecular formula is C55H34ClN3O. The molecule has 3 heterocycles. The first-order valence-electron chi connectivity index (χ1n) is 20.2. The van der Waals surface area contributed by atoms with Crippen LogP contribution in [-0.2, 0) is 0 Å². The van der Waals surface area contributed by atoms with Crippen molar-refractivity contribution in [1.82, 2.24) is 9.55 Å². The number of imidazole rings is 1. The molecule has 0 atom stereocenters. The smallest absolute Gasteiger partial charge is 0.145 e. The summed E-state index contributed by atoms with van der Waals surface area (Å²) in [7, 11) is 0. The van der Waals surface area contributed by atoms with E-state index in [1.54, 1.807) is 0 Å². The van der Waals surface area contributed by atoms with Crippen LogP contribution in [0, 0.1) is 0 Å². The minimum Gasteiger partial charge on any atom is -0.456 e. The van der Waals surface area contributed by atoms with E-state index in [0.717, 1.165) is 112 Å². The van der Waals surface area contributed by atoms with Gasteiger partial charge in [-0.05, 0) is 88.5 Å². The first-order valence-corrected chi connectivity index (χ1v) is 20.5. The van der Waals surface area contributed by atoms with Gasteiger partial charge >= 0.3 is 0 Å². The summed E-state index contributed by atoms with van der Waals surface area (Å²) in [4.78, 5) is 7.48.